The number of aliphatic hydroxyl groups is 1. The van der Waals surface area contributed by atoms with Crippen molar-refractivity contribution in [2.75, 3.05) is 5.43 Å². The van der Waals surface area contributed by atoms with Crippen LogP contribution in [0.3, 0.4) is 0 Å². The summed E-state index contributed by atoms with van der Waals surface area (Å²) in [6, 6.07) is 3.68. The topological polar surface area (TPSA) is 57.5 Å². The molecule has 0 radical (unpaired) electrons. The predicted octanol–water partition coefficient (Wildman–Crippen LogP) is 5.83. The van der Waals surface area contributed by atoms with Crippen molar-refractivity contribution in [3.63, 3.8) is 0 Å². The molecule has 0 amide bonds. The van der Waals surface area contributed by atoms with E-state index in [9.17, 15) is 5.11 Å². The van der Waals surface area contributed by atoms with E-state index >= 15 is 0 Å². The molecule has 4 aliphatic rings. The van der Waals surface area contributed by atoms with Gasteiger partial charge in [-0.25, -0.2) is 4.98 Å². The van der Waals surface area contributed by atoms with E-state index in [0.29, 0.717) is 22.2 Å². The molecule has 3 fully saturated rings. The number of nitrogens with zero attached hydrogens (tertiary/aromatic N) is 2. The molecule has 1 aromatic heterocycles. The lowest BCUT2D eigenvalue weighted by atomic mass is 9.48. The Hall–Kier alpha value is -1.39. The fraction of sp³-hybridized carbons (Fsp3) is 0.667. The largest absolute Gasteiger partial charge is 0.393 e. The summed E-state index contributed by atoms with van der Waals surface area (Å²) in [6.07, 6.45) is 13.1. The van der Waals surface area contributed by atoms with Crippen molar-refractivity contribution in [1.82, 2.24) is 4.98 Å². The van der Waals surface area contributed by atoms with Crippen molar-refractivity contribution in [1.29, 1.82) is 0 Å². The third-order valence-corrected chi connectivity index (χ3v) is 9.18. The summed E-state index contributed by atoms with van der Waals surface area (Å²) < 4.78 is 0. The normalized spacial score (nSPS) is 42.6. The quantitative estimate of drug-likeness (QED) is 0.474. The zero-order valence-corrected chi connectivity index (χ0v) is 18.3. The number of aromatic nitrogens is 1. The van der Waals surface area contributed by atoms with E-state index in [-0.39, 0.29) is 11.5 Å². The number of pyridine rings is 1. The Balaban J connectivity index is 1.40. The van der Waals surface area contributed by atoms with Crippen LogP contribution in [-0.2, 0) is 0 Å². The van der Waals surface area contributed by atoms with Gasteiger partial charge in [-0.1, -0.05) is 37.1 Å². The lowest BCUT2D eigenvalue weighted by Crippen LogP contribution is -2.50. The summed E-state index contributed by atoms with van der Waals surface area (Å²) in [6.45, 7) is 4.92. The van der Waals surface area contributed by atoms with E-state index in [1.165, 1.54) is 31.4 Å². The van der Waals surface area contributed by atoms with Gasteiger partial charge >= 0.3 is 0 Å². The average Bonchev–Trinajstić information content (AvgIpc) is 3.04. The van der Waals surface area contributed by atoms with Crippen molar-refractivity contribution >= 4 is 23.1 Å². The second-order valence-corrected chi connectivity index (χ2v) is 10.6. The van der Waals surface area contributed by atoms with Crippen molar-refractivity contribution in [2.45, 2.75) is 71.3 Å². The van der Waals surface area contributed by atoms with Gasteiger partial charge < -0.3 is 5.11 Å². The number of allylic oxidation sites excluding steroid dienone is 1. The summed E-state index contributed by atoms with van der Waals surface area (Å²) in [5.74, 6) is 2.83. The first-order chi connectivity index (χ1) is 13.9. The second kappa shape index (κ2) is 7.09. The molecule has 4 aliphatic carbocycles. The van der Waals surface area contributed by atoms with E-state index in [1.54, 1.807) is 11.8 Å². The molecule has 0 saturated heterocycles. The fourth-order valence-electron chi connectivity index (χ4n) is 7.20. The van der Waals surface area contributed by atoms with Gasteiger partial charge in [0.05, 0.1) is 11.1 Å². The highest BCUT2D eigenvalue weighted by molar-refractivity contribution is 6.32. The number of nitrogens with one attached hydrogen (secondary N) is 1. The predicted molar refractivity (Wildman–Crippen MR) is 118 cm³/mol. The second-order valence-electron chi connectivity index (χ2n) is 10.2. The van der Waals surface area contributed by atoms with Gasteiger partial charge in [-0.2, -0.15) is 5.10 Å². The first-order valence-corrected chi connectivity index (χ1v) is 11.6. The van der Waals surface area contributed by atoms with Gasteiger partial charge in [0.1, 0.15) is 0 Å². The molecule has 0 bridgehead atoms. The maximum absolute atomic E-state index is 10.2. The third kappa shape index (κ3) is 3.06. The van der Waals surface area contributed by atoms with Gasteiger partial charge in [0, 0.05) is 17.3 Å². The highest BCUT2D eigenvalue weighted by atomic mass is 35.5. The molecule has 5 heteroatoms. The zero-order valence-electron chi connectivity index (χ0n) is 17.5. The molecular formula is C24H32ClN3O. The molecule has 4 nitrogen and oxygen atoms in total. The molecule has 29 heavy (non-hydrogen) atoms. The zero-order chi connectivity index (χ0) is 20.2. The van der Waals surface area contributed by atoms with Crippen LogP contribution in [0.25, 0.3) is 0 Å². The van der Waals surface area contributed by atoms with Crippen molar-refractivity contribution in [3.05, 3.63) is 35.0 Å². The molecule has 0 unspecified atom stereocenters. The van der Waals surface area contributed by atoms with Gasteiger partial charge in [0.2, 0.25) is 0 Å². The van der Waals surface area contributed by atoms with E-state index in [4.69, 9.17) is 16.7 Å². The molecule has 0 spiro atoms. The Morgan fingerprint density at radius 2 is 1.97 bits per heavy atom. The molecule has 1 heterocycles. The van der Waals surface area contributed by atoms with Crippen LogP contribution in [-0.4, -0.2) is 21.9 Å². The monoisotopic (exact) mass is 413 g/mol. The third-order valence-electron chi connectivity index (χ3n) is 8.87. The number of hydrogen-bond acceptors (Lipinski definition) is 4. The number of aliphatic hydroxyl groups excluding tert-OH is 1. The van der Waals surface area contributed by atoms with E-state index < -0.39 is 0 Å². The van der Waals surface area contributed by atoms with Crippen LogP contribution >= 0.6 is 11.6 Å². The summed E-state index contributed by atoms with van der Waals surface area (Å²) >= 11 is 6.24. The van der Waals surface area contributed by atoms with Gasteiger partial charge in [-0.3, -0.25) is 5.43 Å². The van der Waals surface area contributed by atoms with Crippen LogP contribution in [0, 0.1) is 28.6 Å². The van der Waals surface area contributed by atoms with Crippen molar-refractivity contribution in [3.8, 4) is 0 Å². The van der Waals surface area contributed by atoms with Gasteiger partial charge in [-0.15, -0.1) is 0 Å². The summed E-state index contributed by atoms with van der Waals surface area (Å²) in [5.41, 5.74) is 6.45. The summed E-state index contributed by atoms with van der Waals surface area (Å²) in [7, 11) is 0. The van der Waals surface area contributed by atoms with Gasteiger partial charge in [0.15, 0.2) is 5.82 Å². The standard InChI is InChI=1S/C24H32ClN3O/c1-23-11-9-16(29)14-15(23)5-6-17-18-7-8-21(24(18,2)12-10-19(17)23)27-28-22-20(25)4-3-13-26-22/h3-5,13,16-19,29H,6-12,14H2,1-2H3,(H,26,28)/b27-21+/t16-,17-,18-,19-,23-,24-/m0/s1. The van der Waals surface area contributed by atoms with Crippen LogP contribution < -0.4 is 5.43 Å². The first-order valence-electron chi connectivity index (χ1n) is 11.2. The van der Waals surface area contributed by atoms with Crippen LogP contribution in [0.1, 0.15) is 65.2 Å². The summed E-state index contributed by atoms with van der Waals surface area (Å²) in [4.78, 5) is 4.31. The minimum absolute atomic E-state index is 0.130. The Morgan fingerprint density at radius 1 is 1.17 bits per heavy atom. The molecule has 0 aromatic carbocycles. The van der Waals surface area contributed by atoms with Crippen LogP contribution in [0.2, 0.25) is 5.02 Å². The van der Waals surface area contributed by atoms with Crippen molar-refractivity contribution < 1.29 is 5.11 Å². The van der Waals surface area contributed by atoms with E-state index in [0.717, 1.165) is 37.5 Å². The molecule has 2 N–H and O–H groups in total. The molecule has 5 rings (SSSR count). The van der Waals surface area contributed by atoms with E-state index in [1.807, 2.05) is 12.1 Å². The number of rotatable bonds is 2. The maximum Gasteiger partial charge on any atom is 0.165 e. The lowest BCUT2D eigenvalue weighted by molar-refractivity contribution is -0.0209. The van der Waals surface area contributed by atoms with Gasteiger partial charge in [-0.05, 0) is 86.7 Å². The minimum Gasteiger partial charge on any atom is -0.393 e. The number of fused-ring (bicyclic) bond motifs is 5. The Morgan fingerprint density at radius 3 is 2.79 bits per heavy atom. The minimum atomic E-state index is -0.130. The average molecular weight is 414 g/mol. The number of halogens is 1. The molecule has 3 saturated carbocycles. The van der Waals surface area contributed by atoms with Crippen LogP contribution in [0.5, 0.6) is 0 Å². The molecule has 6 atom stereocenters. The van der Waals surface area contributed by atoms with E-state index in [2.05, 4.69) is 30.3 Å². The SMILES string of the molecule is C[C@]12CC[C@H](O)CC1=CC[C@@H]1[C@@H]2CC[C@]2(C)/C(=N/Nc3ncccc3Cl)CC[C@@H]12. The molecule has 0 aliphatic heterocycles. The molecule has 156 valence electrons. The number of hydrogen-bond donors (Lipinski definition) is 2. The maximum atomic E-state index is 10.2. The lowest BCUT2D eigenvalue weighted by Gasteiger charge is -2.57. The number of anilines is 1. The highest BCUT2D eigenvalue weighted by Crippen LogP contribution is 2.64. The van der Waals surface area contributed by atoms with Gasteiger partial charge in [0.25, 0.3) is 0 Å². The Kier molecular flexibility index (Phi) is 4.78. The van der Waals surface area contributed by atoms with Crippen LogP contribution in [0.15, 0.2) is 35.1 Å². The number of hydrazone groups is 1. The smallest absolute Gasteiger partial charge is 0.165 e. The van der Waals surface area contributed by atoms with Crippen LogP contribution in [0.4, 0.5) is 5.82 Å². The summed E-state index contributed by atoms with van der Waals surface area (Å²) in [5, 5.41) is 15.6. The fourth-order valence-corrected chi connectivity index (χ4v) is 7.37. The molecule has 1 aromatic rings. The van der Waals surface area contributed by atoms with Crippen molar-refractivity contribution in [2.24, 2.45) is 33.7 Å². The molecular weight excluding hydrogens is 382 g/mol. The Bertz CT molecular complexity index is 867. The highest BCUT2D eigenvalue weighted by Gasteiger charge is 2.57. The Labute approximate surface area is 178 Å². The first kappa shape index (κ1) is 19.6.